The zero-order chi connectivity index (χ0) is 15.4. The van der Waals surface area contributed by atoms with E-state index in [-0.39, 0.29) is 12.2 Å². The Kier molecular flexibility index (Phi) is 6.09. The number of nitrogens with zero attached hydrogens (tertiary/aromatic N) is 1. The van der Waals surface area contributed by atoms with Crippen molar-refractivity contribution in [3.05, 3.63) is 0 Å². The highest BCUT2D eigenvalue weighted by Gasteiger charge is 2.44. The van der Waals surface area contributed by atoms with Crippen LogP contribution >= 0.6 is 0 Å². The summed E-state index contributed by atoms with van der Waals surface area (Å²) in [5.41, 5.74) is 0. The second-order valence-corrected chi connectivity index (χ2v) is 7.29. The van der Waals surface area contributed by atoms with Crippen molar-refractivity contribution in [3.63, 3.8) is 0 Å². The molecule has 3 nitrogen and oxygen atoms in total. The number of carbonyl (C=O) groups is 1. The van der Waals surface area contributed by atoms with Crippen LogP contribution in [0, 0.1) is 11.8 Å². The largest absolute Gasteiger partial charge is 0.323 e. The van der Waals surface area contributed by atoms with Crippen LogP contribution in [0.2, 0.25) is 0 Å². The summed E-state index contributed by atoms with van der Waals surface area (Å²) in [7, 11) is 0. The fourth-order valence-corrected chi connectivity index (χ4v) is 4.30. The quantitative estimate of drug-likeness (QED) is 0.805. The first-order chi connectivity index (χ1) is 10.1. The summed E-state index contributed by atoms with van der Waals surface area (Å²) < 4.78 is 0. The number of hydrogen-bond acceptors (Lipinski definition) is 2. The van der Waals surface area contributed by atoms with Crippen molar-refractivity contribution in [1.29, 1.82) is 0 Å². The molecule has 1 aliphatic heterocycles. The lowest BCUT2D eigenvalue weighted by Crippen LogP contribution is -2.50. The van der Waals surface area contributed by atoms with Crippen molar-refractivity contribution >= 4 is 5.91 Å². The van der Waals surface area contributed by atoms with Gasteiger partial charge in [-0.3, -0.25) is 10.1 Å². The minimum Gasteiger partial charge on any atom is -0.323 e. The smallest absolute Gasteiger partial charge is 0.241 e. The molecule has 2 fully saturated rings. The van der Waals surface area contributed by atoms with Gasteiger partial charge in [-0.05, 0) is 37.5 Å². The number of rotatable bonds is 6. The van der Waals surface area contributed by atoms with Gasteiger partial charge in [0, 0.05) is 6.04 Å². The van der Waals surface area contributed by atoms with E-state index in [1.54, 1.807) is 0 Å². The first-order valence-electron chi connectivity index (χ1n) is 9.18. The van der Waals surface area contributed by atoms with Crippen molar-refractivity contribution < 1.29 is 4.79 Å². The third-order valence-corrected chi connectivity index (χ3v) is 5.51. The summed E-state index contributed by atoms with van der Waals surface area (Å²) >= 11 is 0. The van der Waals surface area contributed by atoms with Crippen molar-refractivity contribution in [3.8, 4) is 0 Å². The van der Waals surface area contributed by atoms with Gasteiger partial charge in [-0.15, -0.1) is 0 Å². The molecular weight excluding hydrogens is 260 g/mol. The van der Waals surface area contributed by atoms with Crippen LogP contribution in [-0.4, -0.2) is 29.1 Å². The van der Waals surface area contributed by atoms with Crippen molar-refractivity contribution in [2.75, 3.05) is 0 Å². The van der Waals surface area contributed by atoms with Crippen molar-refractivity contribution in [1.82, 2.24) is 10.2 Å². The van der Waals surface area contributed by atoms with Crippen molar-refractivity contribution in [2.45, 2.75) is 97.3 Å². The van der Waals surface area contributed by atoms with E-state index >= 15 is 0 Å². The maximum atomic E-state index is 12.9. The van der Waals surface area contributed by atoms with Gasteiger partial charge in [0.2, 0.25) is 5.91 Å². The van der Waals surface area contributed by atoms with E-state index in [9.17, 15) is 4.79 Å². The van der Waals surface area contributed by atoms with Crippen LogP contribution in [0.15, 0.2) is 0 Å². The molecule has 0 aromatic rings. The fourth-order valence-electron chi connectivity index (χ4n) is 4.30. The molecule has 4 unspecified atom stereocenters. The fraction of sp³-hybridized carbons (Fsp3) is 0.944. The molecule has 4 atom stereocenters. The van der Waals surface area contributed by atoms with Gasteiger partial charge in [0.15, 0.2) is 0 Å². The van der Waals surface area contributed by atoms with E-state index in [0.717, 1.165) is 19.3 Å². The Bertz CT molecular complexity index is 342. The summed E-state index contributed by atoms with van der Waals surface area (Å²) in [4.78, 5) is 15.2. The van der Waals surface area contributed by atoms with E-state index in [2.05, 4.69) is 37.9 Å². The van der Waals surface area contributed by atoms with E-state index in [1.807, 2.05) is 0 Å². The van der Waals surface area contributed by atoms with Gasteiger partial charge in [-0.25, -0.2) is 0 Å². The third-order valence-electron chi connectivity index (χ3n) is 5.51. The van der Waals surface area contributed by atoms with Crippen LogP contribution in [0.25, 0.3) is 0 Å². The summed E-state index contributed by atoms with van der Waals surface area (Å²) in [6.07, 6.45) is 9.72. The first kappa shape index (κ1) is 16.8. The second kappa shape index (κ2) is 7.62. The van der Waals surface area contributed by atoms with Crippen LogP contribution in [0.4, 0.5) is 0 Å². The molecule has 2 aliphatic rings. The van der Waals surface area contributed by atoms with Gasteiger partial charge in [-0.2, -0.15) is 0 Å². The van der Waals surface area contributed by atoms with Gasteiger partial charge in [0.25, 0.3) is 0 Å². The Hall–Kier alpha value is -0.570. The van der Waals surface area contributed by atoms with Gasteiger partial charge in [0.1, 0.15) is 0 Å². The highest BCUT2D eigenvalue weighted by atomic mass is 16.2. The number of amides is 1. The van der Waals surface area contributed by atoms with Crippen LogP contribution in [0.3, 0.4) is 0 Å². The molecule has 0 radical (unpaired) electrons. The number of unbranched alkanes of at least 4 members (excludes halogenated alkanes) is 1. The molecule has 0 aromatic heterocycles. The Morgan fingerprint density at radius 1 is 1.24 bits per heavy atom. The molecule has 21 heavy (non-hydrogen) atoms. The summed E-state index contributed by atoms with van der Waals surface area (Å²) in [6.45, 7) is 9.05. The minimum atomic E-state index is 0.0737. The summed E-state index contributed by atoms with van der Waals surface area (Å²) in [5, 5.41) is 3.61. The van der Waals surface area contributed by atoms with Crippen LogP contribution < -0.4 is 5.32 Å². The predicted octanol–water partition coefficient (Wildman–Crippen LogP) is 3.93. The highest BCUT2D eigenvalue weighted by Crippen LogP contribution is 2.36. The maximum Gasteiger partial charge on any atom is 0.241 e. The monoisotopic (exact) mass is 294 g/mol. The van der Waals surface area contributed by atoms with E-state index in [4.69, 9.17) is 0 Å². The highest BCUT2D eigenvalue weighted by molar-refractivity contribution is 5.84. The topological polar surface area (TPSA) is 32.3 Å². The second-order valence-electron chi connectivity index (χ2n) is 7.29. The first-order valence-corrected chi connectivity index (χ1v) is 9.18. The summed E-state index contributed by atoms with van der Waals surface area (Å²) in [5.74, 6) is 1.74. The molecule has 2 rings (SSSR count). The van der Waals surface area contributed by atoms with Crippen molar-refractivity contribution in [2.24, 2.45) is 11.8 Å². The Morgan fingerprint density at radius 3 is 2.57 bits per heavy atom. The average Bonchev–Trinajstić information content (AvgIpc) is 2.81. The molecule has 1 N–H and O–H groups in total. The Labute approximate surface area is 130 Å². The lowest BCUT2D eigenvalue weighted by Gasteiger charge is -2.42. The van der Waals surface area contributed by atoms with Gasteiger partial charge >= 0.3 is 0 Å². The Balaban J connectivity index is 2.12. The number of hydrogen-bond donors (Lipinski definition) is 1. The van der Waals surface area contributed by atoms with E-state index in [0.29, 0.717) is 23.8 Å². The molecule has 0 aromatic carbocycles. The maximum absolute atomic E-state index is 12.9. The van der Waals surface area contributed by atoms with E-state index < -0.39 is 0 Å². The SMILES string of the molecule is CCCCC1NC(CC)N(C2CCCCC2C(C)C)C1=O. The standard InChI is InChI=1S/C18H34N2O/c1-5-7-11-15-18(21)20(17(6-2)19-15)16-12-9-8-10-14(16)13(3)4/h13-17,19H,5-12H2,1-4H3. The molecule has 1 saturated carbocycles. The number of nitrogens with one attached hydrogen (secondary N) is 1. The molecule has 1 saturated heterocycles. The molecule has 0 spiro atoms. The third kappa shape index (κ3) is 3.61. The Morgan fingerprint density at radius 2 is 1.95 bits per heavy atom. The lowest BCUT2D eigenvalue weighted by molar-refractivity contribution is -0.135. The molecular formula is C18H34N2O. The number of carbonyl (C=O) groups excluding carboxylic acids is 1. The van der Waals surface area contributed by atoms with Crippen LogP contribution in [0.5, 0.6) is 0 Å². The van der Waals surface area contributed by atoms with Gasteiger partial charge < -0.3 is 4.90 Å². The molecule has 0 bridgehead atoms. The molecule has 1 amide bonds. The minimum absolute atomic E-state index is 0.0737. The van der Waals surface area contributed by atoms with Crippen LogP contribution in [0.1, 0.15) is 79.1 Å². The van der Waals surface area contributed by atoms with Gasteiger partial charge in [-0.1, -0.05) is 53.4 Å². The van der Waals surface area contributed by atoms with Crippen LogP contribution in [-0.2, 0) is 4.79 Å². The zero-order valence-corrected chi connectivity index (χ0v) is 14.4. The summed E-state index contributed by atoms with van der Waals surface area (Å²) in [6, 6.07) is 0.542. The molecule has 1 aliphatic carbocycles. The molecule has 122 valence electrons. The molecule has 3 heteroatoms. The normalized spacial score (nSPS) is 34.0. The zero-order valence-electron chi connectivity index (χ0n) is 14.4. The lowest BCUT2D eigenvalue weighted by atomic mass is 9.77. The predicted molar refractivity (Wildman–Crippen MR) is 88.0 cm³/mol. The average molecular weight is 294 g/mol. The van der Waals surface area contributed by atoms with E-state index in [1.165, 1.54) is 32.1 Å². The van der Waals surface area contributed by atoms with Gasteiger partial charge in [0.05, 0.1) is 12.2 Å². The molecule has 1 heterocycles.